The summed E-state index contributed by atoms with van der Waals surface area (Å²) in [6.45, 7) is 1.90. The lowest BCUT2D eigenvalue weighted by Gasteiger charge is -2.19. The van der Waals surface area contributed by atoms with Crippen LogP contribution in [0.15, 0.2) is 28.7 Å². The number of anilines is 1. The quantitative estimate of drug-likeness (QED) is 0.666. The summed E-state index contributed by atoms with van der Waals surface area (Å²) in [5.41, 5.74) is 0.619. The highest BCUT2D eigenvalue weighted by molar-refractivity contribution is 9.10. The zero-order valence-corrected chi connectivity index (χ0v) is 11.5. The van der Waals surface area contributed by atoms with Crippen LogP contribution in [0.4, 0.5) is 10.5 Å². The van der Waals surface area contributed by atoms with E-state index >= 15 is 0 Å². The first-order chi connectivity index (χ1) is 7.45. The molecule has 1 aromatic rings. The van der Waals surface area contributed by atoms with Crippen LogP contribution in [0.2, 0.25) is 0 Å². The molecule has 4 nitrogen and oxygen atoms in total. The van der Waals surface area contributed by atoms with E-state index in [1.807, 2.05) is 6.07 Å². The van der Waals surface area contributed by atoms with Crippen molar-refractivity contribution in [1.82, 2.24) is 0 Å². The molecule has 1 aromatic carbocycles. The van der Waals surface area contributed by atoms with Crippen LogP contribution in [0.25, 0.3) is 0 Å². The maximum atomic E-state index is 12.0. The average Bonchev–Trinajstić information content (AvgIpc) is 2.17. The Hall–Kier alpha value is -0.880. The molecule has 0 spiro atoms. The number of thiol groups is 1. The van der Waals surface area contributed by atoms with Gasteiger partial charge in [0.15, 0.2) is 0 Å². The summed E-state index contributed by atoms with van der Waals surface area (Å²) < 4.78 is 20.3. The van der Waals surface area contributed by atoms with Gasteiger partial charge in [-0.3, -0.25) is 4.21 Å². The molecule has 0 saturated heterocycles. The number of carbonyl (C=O) groups is 1. The third kappa shape index (κ3) is 3.61. The molecule has 6 heteroatoms. The Labute approximate surface area is 104 Å². The molecule has 0 fully saturated rings. The molecule has 0 aliphatic heterocycles. The first kappa shape index (κ1) is 13.2. The summed E-state index contributed by atoms with van der Waals surface area (Å²) in [6, 6.07) is 7.11. The van der Waals surface area contributed by atoms with Crippen molar-refractivity contribution in [3.63, 3.8) is 0 Å². The molecule has 0 amide bonds. The van der Waals surface area contributed by atoms with Gasteiger partial charge in [0.05, 0.1) is 6.61 Å². The summed E-state index contributed by atoms with van der Waals surface area (Å²) in [6.07, 6.45) is 1.35. The molecule has 16 heavy (non-hydrogen) atoms. The van der Waals surface area contributed by atoms with E-state index in [0.717, 1.165) is 4.47 Å². The number of hydrogen-bond donors (Lipinski definition) is 2. The fraction of sp³-hybridized carbons (Fsp3) is 0.300. The highest BCUT2D eigenvalue weighted by Gasteiger charge is 2.19. The predicted octanol–water partition coefficient (Wildman–Crippen LogP) is 2.58. The number of rotatable bonds is 3. The van der Waals surface area contributed by atoms with Gasteiger partial charge in [0.25, 0.3) is 0 Å². The standard InChI is InChI=1S/C10H14BrNO3S/c1-3-15-10(13)16(2,14)12-9-6-4-5-8(11)7-9/h4-7,16H,3H2,1-2H3,(H,12,14). The molecule has 1 rings (SSSR count). The summed E-state index contributed by atoms with van der Waals surface area (Å²) in [4.78, 5) is 11.4. The van der Waals surface area contributed by atoms with E-state index in [1.54, 1.807) is 25.1 Å². The van der Waals surface area contributed by atoms with E-state index in [2.05, 4.69) is 20.7 Å². The normalized spacial score (nSPS) is 11.9. The van der Waals surface area contributed by atoms with Crippen molar-refractivity contribution in [2.75, 3.05) is 17.6 Å². The molecule has 0 aliphatic rings. The molecule has 1 N–H and O–H groups in total. The van der Waals surface area contributed by atoms with E-state index in [-0.39, 0.29) is 6.61 Å². The smallest absolute Gasteiger partial charge is 0.390 e. The summed E-state index contributed by atoms with van der Waals surface area (Å²) in [7, 11) is -3.17. The van der Waals surface area contributed by atoms with Gasteiger partial charge in [-0.05, 0) is 25.1 Å². The molecule has 0 heterocycles. The van der Waals surface area contributed by atoms with Crippen LogP contribution in [-0.2, 0) is 14.9 Å². The second-order valence-corrected chi connectivity index (χ2v) is 6.60. The van der Waals surface area contributed by atoms with E-state index in [4.69, 9.17) is 4.74 Å². The summed E-state index contributed by atoms with van der Waals surface area (Å²) in [5.74, 6) is 0. The Balaban J connectivity index is 2.80. The third-order valence-electron chi connectivity index (χ3n) is 1.78. The topological polar surface area (TPSA) is 55.4 Å². The van der Waals surface area contributed by atoms with Crippen molar-refractivity contribution >= 4 is 37.0 Å². The number of benzene rings is 1. The summed E-state index contributed by atoms with van der Waals surface area (Å²) >= 11 is 3.29. The minimum atomic E-state index is -3.17. The lowest BCUT2D eigenvalue weighted by molar-refractivity contribution is 0.179. The van der Waals surface area contributed by atoms with Crippen molar-refractivity contribution in [2.24, 2.45) is 0 Å². The largest absolute Gasteiger partial charge is 0.456 e. The van der Waals surface area contributed by atoms with E-state index in [0.29, 0.717) is 5.69 Å². The predicted molar refractivity (Wildman–Crippen MR) is 70.2 cm³/mol. The van der Waals surface area contributed by atoms with Crippen molar-refractivity contribution in [3.05, 3.63) is 28.7 Å². The van der Waals surface area contributed by atoms with Gasteiger partial charge in [0.1, 0.15) is 0 Å². The summed E-state index contributed by atoms with van der Waals surface area (Å²) in [5, 5.41) is -0.699. The lowest BCUT2D eigenvalue weighted by atomic mass is 10.3. The van der Waals surface area contributed by atoms with Gasteiger partial charge in [-0.1, -0.05) is 22.0 Å². The van der Waals surface area contributed by atoms with Crippen LogP contribution < -0.4 is 4.72 Å². The van der Waals surface area contributed by atoms with Gasteiger partial charge in [-0.2, -0.15) is 0 Å². The zero-order chi connectivity index (χ0) is 12.2. The maximum Gasteiger partial charge on any atom is 0.390 e. The second kappa shape index (κ2) is 5.45. The maximum absolute atomic E-state index is 12.0. The van der Waals surface area contributed by atoms with Gasteiger partial charge >= 0.3 is 5.30 Å². The number of carbonyl (C=O) groups excluding carboxylic acids is 1. The van der Waals surface area contributed by atoms with Gasteiger partial charge in [-0.25, -0.2) is 4.79 Å². The van der Waals surface area contributed by atoms with Crippen LogP contribution in [0.5, 0.6) is 0 Å². The van der Waals surface area contributed by atoms with Crippen molar-refractivity contribution in [2.45, 2.75) is 6.92 Å². The van der Waals surface area contributed by atoms with Gasteiger partial charge < -0.3 is 9.46 Å². The Morgan fingerprint density at radius 3 is 2.81 bits per heavy atom. The van der Waals surface area contributed by atoms with Crippen molar-refractivity contribution in [1.29, 1.82) is 0 Å². The van der Waals surface area contributed by atoms with Crippen LogP contribution in [-0.4, -0.2) is 22.4 Å². The van der Waals surface area contributed by atoms with Crippen LogP contribution >= 0.6 is 15.9 Å². The fourth-order valence-corrected chi connectivity index (χ4v) is 2.59. The number of nitrogens with one attached hydrogen (secondary N) is 1. The molecule has 0 radical (unpaired) electrons. The van der Waals surface area contributed by atoms with E-state index in [1.165, 1.54) is 6.26 Å². The van der Waals surface area contributed by atoms with Crippen molar-refractivity contribution in [3.8, 4) is 0 Å². The molecular formula is C10H14BrNO3S. The second-order valence-electron chi connectivity index (χ2n) is 3.25. The van der Waals surface area contributed by atoms with E-state index < -0.39 is 15.4 Å². The van der Waals surface area contributed by atoms with Gasteiger partial charge in [0, 0.05) is 26.5 Å². The molecule has 0 atom stereocenters. The monoisotopic (exact) mass is 307 g/mol. The Morgan fingerprint density at radius 1 is 1.56 bits per heavy atom. The molecule has 0 unspecified atom stereocenters. The lowest BCUT2D eigenvalue weighted by Crippen LogP contribution is -2.30. The Bertz CT molecular complexity index is 436. The van der Waals surface area contributed by atoms with Crippen LogP contribution in [0.3, 0.4) is 0 Å². The molecule has 0 aromatic heterocycles. The number of hydrogen-bond acceptors (Lipinski definition) is 3. The highest BCUT2D eigenvalue weighted by Crippen LogP contribution is 2.18. The fourth-order valence-electron chi connectivity index (χ4n) is 1.10. The first-order valence-corrected chi connectivity index (χ1v) is 7.69. The van der Waals surface area contributed by atoms with Crippen LogP contribution in [0, 0.1) is 0 Å². The Kier molecular flexibility index (Phi) is 4.49. The highest BCUT2D eigenvalue weighted by atomic mass is 79.9. The van der Waals surface area contributed by atoms with Crippen molar-refractivity contribution < 1.29 is 13.7 Å². The molecular weight excluding hydrogens is 294 g/mol. The van der Waals surface area contributed by atoms with Crippen LogP contribution in [0.1, 0.15) is 6.92 Å². The Morgan fingerprint density at radius 2 is 2.25 bits per heavy atom. The SMILES string of the molecule is CCOC(=O)[SH](C)(=O)Nc1cccc(Br)c1. The van der Waals surface area contributed by atoms with Gasteiger partial charge in [0.2, 0.25) is 0 Å². The minimum absolute atomic E-state index is 0.219. The minimum Gasteiger partial charge on any atom is -0.456 e. The third-order valence-corrected chi connectivity index (χ3v) is 3.79. The average molecular weight is 308 g/mol. The zero-order valence-electron chi connectivity index (χ0n) is 9.07. The molecule has 90 valence electrons. The molecule has 0 bridgehead atoms. The molecule has 0 saturated carbocycles. The number of halogens is 1. The van der Waals surface area contributed by atoms with E-state index in [9.17, 15) is 9.00 Å². The first-order valence-electron chi connectivity index (χ1n) is 4.74. The number of ether oxygens (including phenoxy) is 1. The molecule has 0 aliphatic carbocycles. The van der Waals surface area contributed by atoms with Gasteiger partial charge in [-0.15, -0.1) is 0 Å².